The molecule has 1 aromatic heterocycles. The van der Waals surface area contributed by atoms with Crippen molar-refractivity contribution in [1.29, 1.82) is 0 Å². The fraction of sp³-hybridized carbons (Fsp3) is 0.444. The van der Waals surface area contributed by atoms with Crippen LogP contribution in [0.2, 0.25) is 0 Å². The second-order valence-electron chi connectivity index (χ2n) is 6.05. The standard InChI is InChI=1S/C18H23N3O2/c1-14-17(23-13-20-14)11-19-18(22)16-9-5-6-10-21(16)12-15-7-3-2-4-8-15/h2-4,7-8,13,16H,5-6,9-12H2,1H3,(H,19,22). The van der Waals surface area contributed by atoms with Crippen LogP contribution in [0.1, 0.15) is 36.3 Å². The molecule has 0 spiro atoms. The first-order chi connectivity index (χ1) is 11.2. The maximum atomic E-state index is 12.6. The van der Waals surface area contributed by atoms with Crippen molar-refractivity contribution >= 4 is 5.91 Å². The van der Waals surface area contributed by atoms with E-state index in [-0.39, 0.29) is 11.9 Å². The molecule has 0 bridgehead atoms. The number of aryl methyl sites for hydroxylation is 1. The van der Waals surface area contributed by atoms with Gasteiger partial charge in [0.2, 0.25) is 5.91 Å². The molecular formula is C18H23N3O2. The largest absolute Gasteiger partial charge is 0.446 e. The number of likely N-dealkylation sites (tertiary alicyclic amines) is 1. The lowest BCUT2D eigenvalue weighted by molar-refractivity contribution is -0.128. The first-order valence-electron chi connectivity index (χ1n) is 8.18. The van der Waals surface area contributed by atoms with Crippen LogP contribution in [0.3, 0.4) is 0 Å². The summed E-state index contributed by atoms with van der Waals surface area (Å²) < 4.78 is 5.29. The van der Waals surface area contributed by atoms with Crippen molar-refractivity contribution < 1.29 is 9.21 Å². The molecule has 2 aromatic rings. The smallest absolute Gasteiger partial charge is 0.237 e. The minimum atomic E-state index is -0.0628. The molecule has 1 aliphatic rings. The monoisotopic (exact) mass is 313 g/mol. The zero-order chi connectivity index (χ0) is 16.1. The van der Waals surface area contributed by atoms with E-state index in [0.717, 1.165) is 43.8 Å². The van der Waals surface area contributed by atoms with Crippen LogP contribution in [-0.4, -0.2) is 28.4 Å². The third-order valence-electron chi connectivity index (χ3n) is 4.41. The van der Waals surface area contributed by atoms with E-state index in [1.807, 2.05) is 25.1 Å². The SMILES string of the molecule is Cc1ncoc1CNC(=O)C1CCCCN1Cc1ccccc1. The fourth-order valence-electron chi connectivity index (χ4n) is 3.08. The first kappa shape index (κ1) is 15.7. The molecule has 23 heavy (non-hydrogen) atoms. The lowest BCUT2D eigenvalue weighted by Gasteiger charge is -2.34. The van der Waals surface area contributed by atoms with Crippen LogP contribution >= 0.6 is 0 Å². The molecule has 1 unspecified atom stereocenters. The number of carbonyl (C=O) groups excluding carboxylic acids is 1. The number of hydrogen-bond donors (Lipinski definition) is 1. The van der Waals surface area contributed by atoms with Crippen LogP contribution in [0.4, 0.5) is 0 Å². The molecule has 122 valence electrons. The van der Waals surface area contributed by atoms with Crippen molar-refractivity contribution in [2.75, 3.05) is 6.54 Å². The van der Waals surface area contributed by atoms with Crippen LogP contribution in [0.15, 0.2) is 41.1 Å². The van der Waals surface area contributed by atoms with Gasteiger partial charge in [0.15, 0.2) is 6.39 Å². The second-order valence-corrected chi connectivity index (χ2v) is 6.05. The molecule has 2 heterocycles. The van der Waals surface area contributed by atoms with Gasteiger partial charge in [0, 0.05) is 6.54 Å². The summed E-state index contributed by atoms with van der Waals surface area (Å²) in [6.07, 6.45) is 4.58. The lowest BCUT2D eigenvalue weighted by Crippen LogP contribution is -2.48. The molecule has 5 heteroatoms. The Morgan fingerprint density at radius 3 is 2.91 bits per heavy atom. The first-order valence-corrected chi connectivity index (χ1v) is 8.18. The van der Waals surface area contributed by atoms with Gasteiger partial charge < -0.3 is 9.73 Å². The molecule has 1 saturated heterocycles. The molecular weight excluding hydrogens is 290 g/mol. The van der Waals surface area contributed by atoms with Crippen LogP contribution in [0, 0.1) is 6.92 Å². The highest BCUT2D eigenvalue weighted by Crippen LogP contribution is 2.20. The molecule has 0 saturated carbocycles. The number of nitrogens with one attached hydrogen (secondary N) is 1. The maximum absolute atomic E-state index is 12.6. The van der Waals surface area contributed by atoms with E-state index >= 15 is 0 Å². The zero-order valence-corrected chi connectivity index (χ0v) is 13.5. The van der Waals surface area contributed by atoms with Crippen molar-refractivity contribution in [2.45, 2.75) is 45.3 Å². The van der Waals surface area contributed by atoms with Gasteiger partial charge in [-0.15, -0.1) is 0 Å². The van der Waals surface area contributed by atoms with E-state index in [1.54, 1.807) is 0 Å². The average Bonchev–Trinajstić information content (AvgIpc) is 2.99. The van der Waals surface area contributed by atoms with Gasteiger partial charge in [-0.3, -0.25) is 9.69 Å². The number of hydrogen-bond acceptors (Lipinski definition) is 4. The number of rotatable bonds is 5. The van der Waals surface area contributed by atoms with Gasteiger partial charge >= 0.3 is 0 Å². The predicted octanol–water partition coefficient (Wildman–Crippen LogP) is 2.65. The van der Waals surface area contributed by atoms with E-state index in [0.29, 0.717) is 6.54 Å². The highest BCUT2D eigenvalue weighted by atomic mass is 16.3. The van der Waals surface area contributed by atoms with Gasteiger partial charge in [0.05, 0.1) is 18.3 Å². The Labute approximate surface area is 136 Å². The van der Waals surface area contributed by atoms with Crippen molar-refractivity contribution in [1.82, 2.24) is 15.2 Å². The van der Waals surface area contributed by atoms with E-state index in [2.05, 4.69) is 27.3 Å². The predicted molar refractivity (Wildman–Crippen MR) is 87.6 cm³/mol. The van der Waals surface area contributed by atoms with E-state index in [1.165, 1.54) is 12.0 Å². The molecule has 1 aliphatic heterocycles. The Morgan fingerprint density at radius 2 is 2.17 bits per heavy atom. The third kappa shape index (κ3) is 3.99. The number of nitrogens with zero attached hydrogens (tertiary/aromatic N) is 2. The number of oxazole rings is 1. The van der Waals surface area contributed by atoms with Gasteiger partial charge in [0.1, 0.15) is 5.76 Å². The normalized spacial score (nSPS) is 18.7. The lowest BCUT2D eigenvalue weighted by atomic mass is 10.0. The molecule has 0 radical (unpaired) electrons. The third-order valence-corrected chi connectivity index (χ3v) is 4.41. The van der Waals surface area contributed by atoms with E-state index < -0.39 is 0 Å². The summed E-state index contributed by atoms with van der Waals surface area (Å²) >= 11 is 0. The van der Waals surface area contributed by atoms with Gasteiger partial charge in [-0.2, -0.15) is 0 Å². The maximum Gasteiger partial charge on any atom is 0.237 e. The van der Waals surface area contributed by atoms with Crippen LogP contribution in [0.5, 0.6) is 0 Å². The number of carbonyl (C=O) groups is 1. The fourth-order valence-corrected chi connectivity index (χ4v) is 3.08. The number of piperidine rings is 1. The summed E-state index contributed by atoms with van der Waals surface area (Å²) in [6.45, 7) is 4.07. The summed E-state index contributed by atoms with van der Waals surface area (Å²) in [5, 5.41) is 3.00. The van der Waals surface area contributed by atoms with Crippen molar-refractivity contribution in [3.8, 4) is 0 Å². The highest BCUT2D eigenvalue weighted by Gasteiger charge is 2.28. The Kier molecular flexibility index (Phi) is 5.08. The highest BCUT2D eigenvalue weighted by molar-refractivity contribution is 5.81. The molecule has 5 nitrogen and oxygen atoms in total. The minimum Gasteiger partial charge on any atom is -0.446 e. The van der Waals surface area contributed by atoms with Crippen LogP contribution in [0.25, 0.3) is 0 Å². The Balaban J connectivity index is 1.61. The topological polar surface area (TPSA) is 58.4 Å². The Hall–Kier alpha value is -2.14. The van der Waals surface area contributed by atoms with Gasteiger partial charge in [-0.1, -0.05) is 36.8 Å². The van der Waals surface area contributed by atoms with Crippen molar-refractivity contribution in [2.24, 2.45) is 0 Å². The van der Waals surface area contributed by atoms with Gasteiger partial charge in [-0.25, -0.2) is 4.98 Å². The molecule has 1 fully saturated rings. The van der Waals surface area contributed by atoms with Crippen molar-refractivity contribution in [3.63, 3.8) is 0 Å². The second kappa shape index (κ2) is 7.42. The summed E-state index contributed by atoms with van der Waals surface area (Å²) in [5.41, 5.74) is 2.08. The molecule has 0 aliphatic carbocycles. The Morgan fingerprint density at radius 1 is 1.35 bits per heavy atom. The zero-order valence-electron chi connectivity index (χ0n) is 13.5. The van der Waals surface area contributed by atoms with Crippen molar-refractivity contribution in [3.05, 3.63) is 53.7 Å². The molecule has 1 atom stereocenters. The van der Waals surface area contributed by atoms with Crippen LogP contribution < -0.4 is 5.32 Å². The number of amides is 1. The average molecular weight is 313 g/mol. The molecule has 1 aromatic carbocycles. The van der Waals surface area contributed by atoms with Gasteiger partial charge in [0.25, 0.3) is 0 Å². The van der Waals surface area contributed by atoms with E-state index in [9.17, 15) is 4.79 Å². The van der Waals surface area contributed by atoms with E-state index in [4.69, 9.17) is 4.42 Å². The minimum absolute atomic E-state index is 0.0628. The quantitative estimate of drug-likeness (QED) is 0.922. The molecule has 3 rings (SSSR count). The number of benzene rings is 1. The summed E-state index contributed by atoms with van der Waals surface area (Å²) in [5.74, 6) is 0.806. The summed E-state index contributed by atoms with van der Waals surface area (Å²) in [4.78, 5) is 18.9. The summed E-state index contributed by atoms with van der Waals surface area (Å²) in [7, 11) is 0. The summed E-state index contributed by atoms with van der Waals surface area (Å²) in [6, 6.07) is 10.3. The molecule has 1 N–H and O–H groups in total. The van der Waals surface area contributed by atoms with Gasteiger partial charge in [-0.05, 0) is 31.9 Å². The Bertz CT molecular complexity index is 639. The molecule has 1 amide bonds. The van der Waals surface area contributed by atoms with Crippen LogP contribution in [-0.2, 0) is 17.9 Å². The number of aromatic nitrogens is 1.